The highest BCUT2D eigenvalue weighted by molar-refractivity contribution is 9.09. The zero-order valence-electron chi connectivity index (χ0n) is 17.3. The maximum absolute atomic E-state index is 12.3. The van der Waals surface area contributed by atoms with Crippen LogP contribution in [0.15, 0.2) is 48.5 Å². The Bertz CT molecular complexity index is 778. The van der Waals surface area contributed by atoms with Gasteiger partial charge >= 0.3 is 5.97 Å². The number of alkyl halides is 1. The van der Waals surface area contributed by atoms with Crippen LogP contribution in [0.4, 0.5) is 0 Å². The fourth-order valence-corrected chi connectivity index (χ4v) is 3.11. The number of ether oxygens (including phenoxy) is 3. The van der Waals surface area contributed by atoms with Gasteiger partial charge in [0.05, 0.1) is 18.8 Å². The van der Waals surface area contributed by atoms with E-state index in [0.717, 1.165) is 48.9 Å². The van der Waals surface area contributed by atoms with Gasteiger partial charge in [-0.25, -0.2) is 4.79 Å². The molecule has 0 aliphatic rings. The van der Waals surface area contributed by atoms with E-state index in [2.05, 4.69) is 21.9 Å². The molecular formula is C25H29BrO4. The smallest absolute Gasteiger partial charge is 0.343 e. The number of hydrogen-bond acceptors (Lipinski definition) is 4. The van der Waals surface area contributed by atoms with Crippen molar-refractivity contribution in [2.75, 3.05) is 18.5 Å². The van der Waals surface area contributed by atoms with E-state index >= 15 is 0 Å². The molecule has 0 heterocycles. The summed E-state index contributed by atoms with van der Waals surface area (Å²) in [5.41, 5.74) is 0.480. The third-order valence-electron chi connectivity index (χ3n) is 4.41. The molecule has 0 aromatic heterocycles. The number of hydrogen-bond donors (Lipinski definition) is 0. The second-order valence-corrected chi connectivity index (χ2v) is 7.64. The summed E-state index contributed by atoms with van der Waals surface area (Å²) in [7, 11) is 0. The molecule has 0 saturated heterocycles. The van der Waals surface area contributed by atoms with Crippen LogP contribution in [0.25, 0.3) is 0 Å². The second kappa shape index (κ2) is 14.5. The molecule has 0 spiro atoms. The van der Waals surface area contributed by atoms with Crippen LogP contribution >= 0.6 is 15.9 Å². The van der Waals surface area contributed by atoms with Gasteiger partial charge in [0, 0.05) is 11.8 Å². The van der Waals surface area contributed by atoms with Gasteiger partial charge in [-0.1, -0.05) is 28.8 Å². The van der Waals surface area contributed by atoms with Gasteiger partial charge in [-0.15, -0.1) is 12.3 Å². The van der Waals surface area contributed by atoms with Crippen molar-refractivity contribution in [2.24, 2.45) is 0 Å². The number of halogens is 1. The van der Waals surface area contributed by atoms with E-state index < -0.39 is 5.97 Å². The summed E-state index contributed by atoms with van der Waals surface area (Å²) in [6.45, 7) is 1.30. The predicted molar refractivity (Wildman–Crippen MR) is 124 cm³/mol. The third-order valence-corrected chi connectivity index (χ3v) is 4.97. The molecule has 0 aliphatic carbocycles. The Labute approximate surface area is 188 Å². The SMILES string of the molecule is C#CCCCCOc1ccc(OC(=O)c2ccc(OCCCCCCBr)cc2)cc1. The van der Waals surface area contributed by atoms with Gasteiger partial charge in [-0.2, -0.15) is 0 Å². The summed E-state index contributed by atoms with van der Waals surface area (Å²) < 4.78 is 16.8. The lowest BCUT2D eigenvalue weighted by molar-refractivity contribution is 0.0734. The maximum Gasteiger partial charge on any atom is 0.343 e. The lowest BCUT2D eigenvalue weighted by atomic mass is 10.2. The van der Waals surface area contributed by atoms with Crippen molar-refractivity contribution in [1.82, 2.24) is 0 Å². The van der Waals surface area contributed by atoms with Crippen LogP contribution in [0, 0.1) is 12.3 Å². The molecule has 0 atom stereocenters. The number of terminal acetylenes is 1. The van der Waals surface area contributed by atoms with E-state index in [1.807, 2.05) is 0 Å². The first-order valence-corrected chi connectivity index (χ1v) is 11.5. The van der Waals surface area contributed by atoms with Crippen LogP contribution in [0.1, 0.15) is 55.3 Å². The van der Waals surface area contributed by atoms with E-state index in [-0.39, 0.29) is 0 Å². The molecule has 0 N–H and O–H groups in total. The zero-order valence-corrected chi connectivity index (χ0v) is 18.9. The minimum atomic E-state index is -0.403. The van der Waals surface area contributed by atoms with Crippen molar-refractivity contribution in [3.8, 4) is 29.6 Å². The summed E-state index contributed by atoms with van der Waals surface area (Å²) in [6.07, 6.45) is 12.4. The van der Waals surface area contributed by atoms with Crippen molar-refractivity contribution in [2.45, 2.75) is 44.9 Å². The number of esters is 1. The monoisotopic (exact) mass is 472 g/mol. The molecule has 30 heavy (non-hydrogen) atoms. The summed E-state index contributed by atoms with van der Waals surface area (Å²) in [5, 5.41) is 1.05. The number of benzene rings is 2. The molecule has 0 fully saturated rings. The highest BCUT2D eigenvalue weighted by atomic mass is 79.9. The van der Waals surface area contributed by atoms with Gasteiger partial charge in [0.1, 0.15) is 17.2 Å². The van der Waals surface area contributed by atoms with Crippen molar-refractivity contribution >= 4 is 21.9 Å². The second-order valence-electron chi connectivity index (χ2n) is 6.85. The highest BCUT2D eigenvalue weighted by Crippen LogP contribution is 2.20. The Morgan fingerprint density at radius 3 is 1.90 bits per heavy atom. The van der Waals surface area contributed by atoms with Gasteiger partial charge in [0.25, 0.3) is 0 Å². The molecule has 4 nitrogen and oxygen atoms in total. The average Bonchev–Trinajstić information content (AvgIpc) is 2.77. The molecule has 160 valence electrons. The van der Waals surface area contributed by atoms with Crippen molar-refractivity contribution in [3.63, 3.8) is 0 Å². The predicted octanol–water partition coefficient (Wildman–Crippen LogP) is 6.42. The van der Waals surface area contributed by atoms with E-state index in [0.29, 0.717) is 24.5 Å². The zero-order chi connectivity index (χ0) is 21.4. The molecule has 0 amide bonds. The van der Waals surface area contributed by atoms with Crippen LogP contribution in [0.3, 0.4) is 0 Å². The van der Waals surface area contributed by atoms with E-state index in [1.165, 1.54) is 12.8 Å². The normalized spacial score (nSPS) is 10.3. The number of carbonyl (C=O) groups excluding carboxylic acids is 1. The minimum absolute atomic E-state index is 0.403. The minimum Gasteiger partial charge on any atom is -0.494 e. The molecule has 0 aliphatic heterocycles. The largest absolute Gasteiger partial charge is 0.494 e. The first-order valence-electron chi connectivity index (χ1n) is 10.4. The topological polar surface area (TPSA) is 44.8 Å². The first-order chi connectivity index (χ1) is 14.7. The van der Waals surface area contributed by atoms with Crippen LogP contribution in [-0.2, 0) is 0 Å². The van der Waals surface area contributed by atoms with Gasteiger partial charge in [-0.3, -0.25) is 0 Å². The fraction of sp³-hybridized carbons (Fsp3) is 0.400. The molecule has 0 radical (unpaired) electrons. The maximum atomic E-state index is 12.3. The Kier molecular flexibility index (Phi) is 11.5. The molecule has 0 saturated carbocycles. The molecule has 2 aromatic rings. The first kappa shape index (κ1) is 23.8. The molecule has 5 heteroatoms. The Morgan fingerprint density at radius 2 is 1.30 bits per heavy atom. The van der Waals surface area contributed by atoms with E-state index in [9.17, 15) is 4.79 Å². The Balaban J connectivity index is 1.72. The van der Waals surface area contributed by atoms with Gasteiger partial charge in [0.15, 0.2) is 0 Å². The molecule has 2 rings (SSSR count). The van der Waals surface area contributed by atoms with Gasteiger partial charge in [-0.05, 0) is 74.2 Å². The number of rotatable bonds is 14. The summed E-state index contributed by atoms with van der Waals surface area (Å²) in [6, 6.07) is 14.1. The van der Waals surface area contributed by atoms with Crippen LogP contribution < -0.4 is 14.2 Å². The van der Waals surface area contributed by atoms with Crippen molar-refractivity contribution in [1.29, 1.82) is 0 Å². The fourth-order valence-electron chi connectivity index (χ4n) is 2.72. The Hall–Kier alpha value is -2.45. The summed E-state index contributed by atoms with van der Waals surface area (Å²) >= 11 is 3.43. The average molecular weight is 473 g/mol. The van der Waals surface area contributed by atoms with Crippen molar-refractivity contribution < 1.29 is 19.0 Å². The van der Waals surface area contributed by atoms with Gasteiger partial charge in [0.2, 0.25) is 0 Å². The lowest BCUT2D eigenvalue weighted by Gasteiger charge is -2.09. The molecule has 0 unspecified atom stereocenters. The standard InChI is InChI=1S/C25H29BrO4/c1-2-3-4-8-19-29-23-14-16-24(17-15-23)30-25(27)21-10-12-22(13-11-21)28-20-9-6-5-7-18-26/h1,10-17H,3-9,18-20H2. The molecule has 0 bridgehead atoms. The van der Waals surface area contributed by atoms with Crippen LogP contribution in [-0.4, -0.2) is 24.5 Å². The van der Waals surface area contributed by atoms with Crippen LogP contribution in [0.2, 0.25) is 0 Å². The lowest BCUT2D eigenvalue weighted by Crippen LogP contribution is -2.08. The summed E-state index contributed by atoms with van der Waals surface area (Å²) in [4.78, 5) is 12.3. The quantitative estimate of drug-likeness (QED) is 0.104. The summed E-state index contributed by atoms with van der Waals surface area (Å²) in [5.74, 6) is 4.19. The molecule has 2 aromatic carbocycles. The number of unbranched alkanes of at least 4 members (excludes halogenated alkanes) is 5. The highest BCUT2D eigenvalue weighted by Gasteiger charge is 2.09. The van der Waals surface area contributed by atoms with Gasteiger partial charge < -0.3 is 14.2 Å². The van der Waals surface area contributed by atoms with E-state index in [4.69, 9.17) is 20.6 Å². The third kappa shape index (κ3) is 9.37. The van der Waals surface area contributed by atoms with Crippen LogP contribution in [0.5, 0.6) is 17.2 Å². The van der Waals surface area contributed by atoms with Crippen molar-refractivity contribution in [3.05, 3.63) is 54.1 Å². The van der Waals surface area contributed by atoms with E-state index in [1.54, 1.807) is 48.5 Å². The number of carbonyl (C=O) groups is 1. The Morgan fingerprint density at radius 1 is 0.767 bits per heavy atom. The molecular weight excluding hydrogens is 444 g/mol.